The Morgan fingerprint density at radius 3 is 2.04 bits per heavy atom. The van der Waals surface area contributed by atoms with Crippen LogP contribution in [0.25, 0.3) is 22.0 Å². The van der Waals surface area contributed by atoms with E-state index in [2.05, 4.69) is 9.97 Å². The van der Waals surface area contributed by atoms with E-state index in [1.54, 1.807) is 12.4 Å². The van der Waals surface area contributed by atoms with Crippen LogP contribution < -0.4 is 0 Å². The van der Waals surface area contributed by atoms with Gasteiger partial charge < -0.3 is 5.11 Å². The predicted octanol–water partition coefficient (Wildman–Crippen LogP) is 4.68. The lowest BCUT2D eigenvalue weighted by molar-refractivity contribution is 0.0692. The summed E-state index contributed by atoms with van der Waals surface area (Å²) in [5, 5.41) is 10.3. The lowest BCUT2D eigenvalue weighted by Gasteiger charge is -2.07. The zero-order valence-electron chi connectivity index (χ0n) is 13.4. The first-order valence-electron chi connectivity index (χ1n) is 7.79. The van der Waals surface area contributed by atoms with Gasteiger partial charge in [0.15, 0.2) is 5.69 Å². The molecule has 4 rings (SSSR count). The molecule has 2 aromatic heterocycles. The van der Waals surface area contributed by atoms with Crippen LogP contribution in [-0.4, -0.2) is 21.0 Å². The topological polar surface area (TPSA) is 63.1 Å². The van der Waals surface area contributed by atoms with E-state index >= 15 is 0 Å². The molecule has 0 aliphatic rings. The molecule has 0 saturated carbocycles. The van der Waals surface area contributed by atoms with Gasteiger partial charge in [0.1, 0.15) is 0 Å². The van der Waals surface area contributed by atoms with Gasteiger partial charge in [-0.15, -0.1) is 0 Å². The van der Waals surface area contributed by atoms with Gasteiger partial charge in [0.05, 0.1) is 5.52 Å². The number of hydrogen-bond donors (Lipinski definition) is 1. The molecule has 2 aromatic carbocycles. The van der Waals surface area contributed by atoms with Crippen molar-refractivity contribution in [2.75, 3.05) is 0 Å². The number of carboxylic acid groups (broad SMARTS) is 1. The van der Waals surface area contributed by atoms with E-state index < -0.39 is 5.97 Å². The van der Waals surface area contributed by atoms with Crippen molar-refractivity contribution in [3.8, 4) is 11.1 Å². The molecule has 4 aromatic rings. The maximum absolute atomic E-state index is 11.4. The average Bonchev–Trinajstić information content (AvgIpc) is 2.69. The lowest BCUT2D eigenvalue weighted by atomic mass is 10.0. The maximum atomic E-state index is 11.4. The van der Waals surface area contributed by atoms with Crippen molar-refractivity contribution in [3.05, 3.63) is 97.0 Å². The van der Waals surface area contributed by atoms with E-state index in [1.807, 2.05) is 78.9 Å². The predicted molar refractivity (Wildman–Crippen MR) is 98.4 cm³/mol. The summed E-state index contributed by atoms with van der Waals surface area (Å²) in [4.78, 5) is 19.4. The number of hydrogen-bond acceptors (Lipinski definition) is 3. The monoisotopic (exact) mass is 328 g/mol. The molecule has 4 heteroatoms. The van der Waals surface area contributed by atoms with Crippen molar-refractivity contribution < 1.29 is 9.90 Å². The van der Waals surface area contributed by atoms with E-state index in [0.29, 0.717) is 11.1 Å². The first-order chi connectivity index (χ1) is 12.3. The van der Waals surface area contributed by atoms with Crippen LogP contribution in [0.3, 0.4) is 0 Å². The van der Waals surface area contributed by atoms with Crippen molar-refractivity contribution in [3.63, 3.8) is 0 Å². The summed E-state index contributed by atoms with van der Waals surface area (Å²) in [5.74, 6) is -1.01. The van der Waals surface area contributed by atoms with Crippen LogP contribution in [0.1, 0.15) is 10.5 Å². The Bertz CT molecular complexity index is 944. The minimum atomic E-state index is -1.01. The molecule has 0 bridgehead atoms. The number of carboxylic acids is 1. The Hall–Kier alpha value is -3.53. The second kappa shape index (κ2) is 7.84. The lowest BCUT2D eigenvalue weighted by Crippen LogP contribution is -2.03. The average molecular weight is 328 g/mol. The van der Waals surface area contributed by atoms with Gasteiger partial charge >= 0.3 is 5.97 Å². The first-order valence-corrected chi connectivity index (χ1v) is 7.79. The number of carbonyl (C=O) groups is 1. The van der Waals surface area contributed by atoms with Crippen molar-refractivity contribution in [2.24, 2.45) is 0 Å². The number of nitrogens with zero attached hydrogens (tertiary/aromatic N) is 2. The molecular formula is C21H16N2O2. The SMILES string of the molecule is O=C(O)c1nc2ccccc2cc1-c1ccccc1.c1ccncc1. The van der Waals surface area contributed by atoms with E-state index in [4.69, 9.17) is 0 Å². The Kier molecular flexibility index (Phi) is 5.12. The van der Waals surface area contributed by atoms with Crippen LogP contribution in [0, 0.1) is 0 Å². The molecule has 0 fully saturated rings. The standard InChI is InChI=1S/C16H11NO2.C5H5N/c18-16(19)15-13(11-6-2-1-3-7-11)10-12-8-4-5-9-14(12)17-15;1-2-4-6-5-3-1/h1-10H,(H,18,19);1-5H. The molecule has 0 aliphatic carbocycles. The molecule has 4 nitrogen and oxygen atoms in total. The summed E-state index contributed by atoms with van der Waals surface area (Å²) in [7, 11) is 0. The zero-order chi connectivity index (χ0) is 17.5. The third-order valence-electron chi connectivity index (χ3n) is 3.58. The largest absolute Gasteiger partial charge is 0.476 e. The van der Waals surface area contributed by atoms with Gasteiger partial charge in [-0.25, -0.2) is 9.78 Å². The van der Waals surface area contributed by atoms with E-state index in [9.17, 15) is 9.90 Å². The molecule has 0 atom stereocenters. The van der Waals surface area contributed by atoms with Gasteiger partial charge in [-0.3, -0.25) is 4.98 Å². The molecular weight excluding hydrogens is 312 g/mol. The van der Waals surface area contributed by atoms with Gasteiger partial charge in [0, 0.05) is 23.3 Å². The summed E-state index contributed by atoms with van der Waals surface area (Å²) in [6, 6.07) is 24.6. The molecule has 0 unspecified atom stereocenters. The first kappa shape index (κ1) is 16.3. The normalized spacial score (nSPS) is 9.92. The quantitative estimate of drug-likeness (QED) is 0.580. The molecule has 1 N–H and O–H groups in total. The summed E-state index contributed by atoms with van der Waals surface area (Å²) < 4.78 is 0. The highest BCUT2D eigenvalue weighted by molar-refractivity contribution is 5.98. The number of aromatic carboxylic acids is 1. The number of aromatic nitrogens is 2. The summed E-state index contributed by atoms with van der Waals surface area (Å²) in [5.41, 5.74) is 2.29. The van der Waals surface area contributed by atoms with Gasteiger partial charge in [0.25, 0.3) is 0 Å². The highest BCUT2D eigenvalue weighted by Crippen LogP contribution is 2.26. The Labute approximate surface area is 145 Å². The Morgan fingerprint density at radius 2 is 1.44 bits per heavy atom. The van der Waals surface area contributed by atoms with E-state index in [1.165, 1.54) is 0 Å². The number of fused-ring (bicyclic) bond motifs is 1. The Morgan fingerprint density at radius 1 is 0.800 bits per heavy atom. The molecule has 0 saturated heterocycles. The fraction of sp³-hybridized carbons (Fsp3) is 0. The zero-order valence-corrected chi connectivity index (χ0v) is 13.4. The summed E-state index contributed by atoms with van der Waals surface area (Å²) >= 11 is 0. The van der Waals surface area contributed by atoms with Crippen molar-refractivity contribution >= 4 is 16.9 Å². The van der Waals surface area contributed by atoms with E-state index in [0.717, 1.165) is 10.9 Å². The van der Waals surface area contributed by atoms with Crippen LogP contribution >= 0.6 is 0 Å². The highest BCUT2D eigenvalue weighted by atomic mass is 16.4. The minimum Gasteiger partial charge on any atom is -0.476 e. The molecule has 0 aliphatic heterocycles. The van der Waals surface area contributed by atoms with Gasteiger partial charge in [-0.1, -0.05) is 54.6 Å². The molecule has 25 heavy (non-hydrogen) atoms. The number of para-hydroxylation sites is 1. The van der Waals surface area contributed by atoms with Crippen LogP contribution in [0.5, 0.6) is 0 Å². The van der Waals surface area contributed by atoms with Crippen LogP contribution in [0.4, 0.5) is 0 Å². The molecule has 0 radical (unpaired) electrons. The molecule has 0 spiro atoms. The van der Waals surface area contributed by atoms with Crippen molar-refractivity contribution in [1.82, 2.24) is 9.97 Å². The third kappa shape index (κ3) is 4.06. The highest BCUT2D eigenvalue weighted by Gasteiger charge is 2.14. The number of rotatable bonds is 2. The smallest absolute Gasteiger partial charge is 0.355 e. The van der Waals surface area contributed by atoms with Crippen molar-refractivity contribution in [1.29, 1.82) is 0 Å². The molecule has 2 heterocycles. The van der Waals surface area contributed by atoms with Crippen LogP contribution in [0.2, 0.25) is 0 Å². The van der Waals surface area contributed by atoms with Crippen LogP contribution in [0.15, 0.2) is 91.3 Å². The maximum Gasteiger partial charge on any atom is 0.355 e. The minimum absolute atomic E-state index is 0.0879. The van der Waals surface area contributed by atoms with E-state index in [-0.39, 0.29) is 5.69 Å². The van der Waals surface area contributed by atoms with Crippen molar-refractivity contribution in [2.45, 2.75) is 0 Å². The summed E-state index contributed by atoms with van der Waals surface area (Å²) in [6.45, 7) is 0. The van der Waals surface area contributed by atoms with Gasteiger partial charge in [-0.05, 0) is 29.8 Å². The molecule has 0 amide bonds. The van der Waals surface area contributed by atoms with Gasteiger partial charge in [-0.2, -0.15) is 0 Å². The second-order valence-corrected chi connectivity index (χ2v) is 5.27. The fourth-order valence-corrected chi connectivity index (χ4v) is 2.43. The molecule has 122 valence electrons. The Balaban J connectivity index is 0.000000258. The number of benzene rings is 2. The third-order valence-corrected chi connectivity index (χ3v) is 3.58. The second-order valence-electron chi connectivity index (χ2n) is 5.27. The number of pyridine rings is 2. The van der Waals surface area contributed by atoms with Gasteiger partial charge in [0.2, 0.25) is 0 Å². The fourth-order valence-electron chi connectivity index (χ4n) is 2.43. The summed E-state index contributed by atoms with van der Waals surface area (Å²) in [6.07, 6.45) is 3.50. The van der Waals surface area contributed by atoms with Crippen LogP contribution in [-0.2, 0) is 0 Å².